The molecule has 5 heteroatoms. The van der Waals surface area contributed by atoms with Gasteiger partial charge in [0.25, 0.3) is 0 Å². The van der Waals surface area contributed by atoms with Crippen LogP contribution >= 0.6 is 0 Å². The number of sulfone groups is 1. The van der Waals surface area contributed by atoms with Gasteiger partial charge in [0.2, 0.25) is 0 Å². The van der Waals surface area contributed by atoms with E-state index < -0.39 is 21.1 Å². The Morgan fingerprint density at radius 2 is 1.94 bits per heavy atom. The highest BCUT2D eigenvalue weighted by Crippen LogP contribution is 2.29. The third-order valence-corrected chi connectivity index (χ3v) is 5.84. The van der Waals surface area contributed by atoms with Crippen LogP contribution in [0.2, 0.25) is 0 Å². The molecule has 100 valence electrons. The predicted octanol–water partition coefficient (Wildman–Crippen LogP) is 1.66. The van der Waals surface area contributed by atoms with Gasteiger partial charge in [-0.25, -0.2) is 8.42 Å². The van der Waals surface area contributed by atoms with E-state index in [4.69, 9.17) is 10.5 Å². The first kappa shape index (κ1) is 13.4. The van der Waals surface area contributed by atoms with Crippen LogP contribution in [-0.4, -0.2) is 26.5 Å². The Morgan fingerprint density at radius 3 is 2.50 bits per heavy atom. The van der Waals surface area contributed by atoms with Crippen molar-refractivity contribution in [3.05, 3.63) is 29.8 Å². The molecule has 1 aromatic carbocycles. The molecule has 2 rings (SSSR count). The summed E-state index contributed by atoms with van der Waals surface area (Å²) in [6.45, 7) is 0. The van der Waals surface area contributed by atoms with Crippen molar-refractivity contribution in [2.24, 2.45) is 5.73 Å². The summed E-state index contributed by atoms with van der Waals surface area (Å²) in [5.74, 6) is 1.01. The average Bonchev–Trinajstić information content (AvgIpc) is 2.37. The Bertz CT molecular complexity index is 495. The molecule has 1 heterocycles. The topological polar surface area (TPSA) is 69.4 Å². The minimum absolute atomic E-state index is 0.265. The Balaban J connectivity index is 2.21. The molecule has 0 saturated carbocycles. The van der Waals surface area contributed by atoms with Gasteiger partial charge in [-0.05, 0) is 30.5 Å². The van der Waals surface area contributed by atoms with Crippen molar-refractivity contribution < 1.29 is 13.2 Å². The molecular formula is C13H19NO3S. The molecule has 0 spiro atoms. The van der Waals surface area contributed by atoms with Gasteiger partial charge in [0.1, 0.15) is 5.75 Å². The predicted molar refractivity (Wildman–Crippen MR) is 71.3 cm³/mol. The lowest BCUT2D eigenvalue weighted by atomic mass is 10.0. The van der Waals surface area contributed by atoms with Gasteiger partial charge >= 0.3 is 0 Å². The Hall–Kier alpha value is -1.07. The third kappa shape index (κ3) is 2.67. The second kappa shape index (κ2) is 5.28. The Kier molecular flexibility index (Phi) is 3.92. The second-order valence-electron chi connectivity index (χ2n) is 4.70. The molecule has 1 aliphatic rings. The normalized spacial score (nSPS) is 24.4. The standard InChI is InChI=1S/C13H19NO3S/c1-17-11-7-5-10(6-8-11)13(14)12-4-2-3-9-18(12,15)16/h5-8,12-13H,2-4,9,14H2,1H3. The molecule has 1 aliphatic heterocycles. The van der Waals surface area contributed by atoms with E-state index in [0.717, 1.165) is 24.2 Å². The van der Waals surface area contributed by atoms with Crippen molar-refractivity contribution in [2.45, 2.75) is 30.6 Å². The maximum atomic E-state index is 12.0. The monoisotopic (exact) mass is 269 g/mol. The molecular weight excluding hydrogens is 250 g/mol. The van der Waals surface area contributed by atoms with Gasteiger partial charge in [-0.2, -0.15) is 0 Å². The molecule has 0 aromatic heterocycles. The van der Waals surface area contributed by atoms with Gasteiger partial charge in [0.05, 0.1) is 18.1 Å². The molecule has 2 unspecified atom stereocenters. The molecule has 1 saturated heterocycles. The maximum absolute atomic E-state index is 12.0. The van der Waals surface area contributed by atoms with Crippen molar-refractivity contribution in [3.8, 4) is 5.75 Å². The van der Waals surface area contributed by atoms with Gasteiger partial charge in [0.15, 0.2) is 9.84 Å². The van der Waals surface area contributed by atoms with Crippen molar-refractivity contribution in [2.75, 3.05) is 12.9 Å². The highest BCUT2D eigenvalue weighted by molar-refractivity contribution is 7.92. The van der Waals surface area contributed by atoms with Crippen LogP contribution in [0.5, 0.6) is 5.75 Å². The first-order chi connectivity index (χ1) is 8.54. The Labute approximate surface area is 108 Å². The zero-order valence-corrected chi connectivity index (χ0v) is 11.3. The van der Waals surface area contributed by atoms with Crippen molar-refractivity contribution in [3.63, 3.8) is 0 Å². The summed E-state index contributed by atoms with van der Waals surface area (Å²) in [7, 11) is -1.45. The van der Waals surface area contributed by atoms with E-state index in [2.05, 4.69) is 0 Å². The molecule has 1 fully saturated rings. The number of benzene rings is 1. The minimum atomic E-state index is -3.04. The molecule has 1 aromatic rings. The lowest BCUT2D eigenvalue weighted by Gasteiger charge is -2.27. The Morgan fingerprint density at radius 1 is 1.28 bits per heavy atom. The van der Waals surface area contributed by atoms with Gasteiger partial charge in [-0.1, -0.05) is 18.6 Å². The van der Waals surface area contributed by atoms with Crippen LogP contribution in [0.15, 0.2) is 24.3 Å². The smallest absolute Gasteiger partial charge is 0.155 e. The molecule has 2 atom stereocenters. The molecule has 2 N–H and O–H groups in total. The number of rotatable bonds is 3. The van der Waals surface area contributed by atoms with E-state index in [-0.39, 0.29) is 5.75 Å². The van der Waals surface area contributed by atoms with Crippen LogP contribution in [0.25, 0.3) is 0 Å². The van der Waals surface area contributed by atoms with Crippen LogP contribution in [0.1, 0.15) is 30.9 Å². The molecule has 0 amide bonds. The summed E-state index contributed by atoms with van der Waals surface area (Å²) in [5, 5.41) is -0.445. The summed E-state index contributed by atoms with van der Waals surface area (Å²) < 4.78 is 29.1. The number of hydrogen-bond donors (Lipinski definition) is 1. The van der Waals surface area contributed by atoms with Crippen LogP contribution in [-0.2, 0) is 9.84 Å². The van der Waals surface area contributed by atoms with Crippen LogP contribution < -0.4 is 10.5 Å². The summed E-state index contributed by atoms with van der Waals surface area (Å²) in [6, 6.07) is 6.86. The SMILES string of the molecule is COc1ccc(C(N)C2CCCCS2(=O)=O)cc1. The highest BCUT2D eigenvalue weighted by Gasteiger charge is 2.34. The fourth-order valence-corrected chi connectivity index (χ4v) is 4.46. The third-order valence-electron chi connectivity index (χ3n) is 3.53. The number of ether oxygens (including phenoxy) is 1. The lowest BCUT2D eigenvalue weighted by Crippen LogP contribution is -2.37. The minimum Gasteiger partial charge on any atom is -0.497 e. The highest BCUT2D eigenvalue weighted by atomic mass is 32.2. The van der Waals surface area contributed by atoms with E-state index in [1.807, 2.05) is 24.3 Å². The first-order valence-corrected chi connectivity index (χ1v) is 7.87. The van der Waals surface area contributed by atoms with Crippen molar-refractivity contribution in [1.82, 2.24) is 0 Å². The summed E-state index contributed by atoms with van der Waals surface area (Å²) in [4.78, 5) is 0. The largest absolute Gasteiger partial charge is 0.497 e. The van der Waals surface area contributed by atoms with E-state index >= 15 is 0 Å². The second-order valence-corrected chi connectivity index (χ2v) is 7.04. The average molecular weight is 269 g/mol. The fourth-order valence-electron chi connectivity index (χ4n) is 2.42. The summed E-state index contributed by atoms with van der Waals surface area (Å²) in [5.41, 5.74) is 6.97. The van der Waals surface area contributed by atoms with Gasteiger partial charge in [-0.3, -0.25) is 0 Å². The fraction of sp³-hybridized carbons (Fsp3) is 0.538. The van der Waals surface area contributed by atoms with Crippen molar-refractivity contribution >= 4 is 9.84 Å². The van der Waals surface area contributed by atoms with E-state index in [1.54, 1.807) is 7.11 Å². The van der Waals surface area contributed by atoms with E-state index in [1.165, 1.54) is 0 Å². The van der Waals surface area contributed by atoms with Gasteiger partial charge in [0, 0.05) is 6.04 Å². The van der Waals surface area contributed by atoms with Crippen LogP contribution in [0.3, 0.4) is 0 Å². The number of hydrogen-bond acceptors (Lipinski definition) is 4. The quantitative estimate of drug-likeness (QED) is 0.906. The zero-order valence-electron chi connectivity index (χ0n) is 10.5. The lowest BCUT2D eigenvalue weighted by molar-refractivity contribution is 0.414. The molecule has 4 nitrogen and oxygen atoms in total. The summed E-state index contributed by atoms with van der Waals surface area (Å²) >= 11 is 0. The maximum Gasteiger partial charge on any atom is 0.155 e. The molecule has 0 aliphatic carbocycles. The zero-order chi connectivity index (χ0) is 13.2. The van der Waals surface area contributed by atoms with Crippen LogP contribution in [0.4, 0.5) is 0 Å². The van der Waals surface area contributed by atoms with E-state index in [9.17, 15) is 8.42 Å². The van der Waals surface area contributed by atoms with Crippen LogP contribution in [0, 0.1) is 0 Å². The molecule has 18 heavy (non-hydrogen) atoms. The van der Waals surface area contributed by atoms with E-state index in [0.29, 0.717) is 6.42 Å². The summed E-state index contributed by atoms with van der Waals surface area (Å²) in [6.07, 6.45) is 2.36. The van der Waals surface area contributed by atoms with Gasteiger partial charge < -0.3 is 10.5 Å². The number of methoxy groups -OCH3 is 1. The number of nitrogens with two attached hydrogens (primary N) is 1. The van der Waals surface area contributed by atoms with Gasteiger partial charge in [-0.15, -0.1) is 0 Å². The van der Waals surface area contributed by atoms with Crippen molar-refractivity contribution in [1.29, 1.82) is 0 Å². The first-order valence-electron chi connectivity index (χ1n) is 6.16. The molecule has 0 bridgehead atoms. The molecule has 0 radical (unpaired) electrons.